The van der Waals surface area contributed by atoms with Crippen LogP contribution >= 0.6 is 15.2 Å². The average molecular weight is 518 g/mol. The van der Waals surface area contributed by atoms with Crippen molar-refractivity contribution >= 4 is 15.2 Å². The molecule has 0 bridgehead atoms. The van der Waals surface area contributed by atoms with Crippen LogP contribution in [-0.4, -0.2) is 48.3 Å². The molecule has 1 heterocycles. The van der Waals surface area contributed by atoms with Gasteiger partial charge in [0, 0.05) is 24.6 Å². The number of nitrogens with zero attached hydrogens (tertiary/aromatic N) is 2. The Bertz CT molecular complexity index is 1060. The Morgan fingerprint density at radius 3 is 1.85 bits per heavy atom. The Labute approximate surface area is 199 Å². The normalized spacial score (nSPS) is 12.4. The smallest absolute Gasteiger partial charge is 0.309 e. The van der Waals surface area contributed by atoms with E-state index in [0.29, 0.717) is 5.56 Å². The van der Waals surface area contributed by atoms with Gasteiger partial charge in [-0.3, -0.25) is 18.5 Å². The second kappa shape index (κ2) is 12.9. The maximum atomic E-state index is 13.8. The van der Waals surface area contributed by atoms with Crippen LogP contribution in [0.5, 0.6) is 0 Å². The number of hydrogen-bond acceptors (Lipinski definition) is 8. The highest BCUT2D eigenvalue weighted by atomic mass is 31.2. The van der Waals surface area contributed by atoms with Crippen LogP contribution in [0.2, 0.25) is 0 Å². The highest BCUT2D eigenvalue weighted by molar-refractivity contribution is 7.55. The van der Waals surface area contributed by atoms with E-state index >= 15 is 0 Å². The largest absolute Gasteiger partial charge is 0.331 e. The highest BCUT2D eigenvalue weighted by Gasteiger charge is 2.38. The minimum absolute atomic E-state index is 0.133. The summed E-state index contributed by atoms with van der Waals surface area (Å²) >= 11 is 0. The van der Waals surface area contributed by atoms with E-state index < -0.39 is 32.5 Å². The van der Waals surface area contributed by atoms with Gasteiger partial charge in [-0.15, -0.1) is 0 Å². The van der Waals surface area contributed by atoms with E-state index in [0.717, 1.165) is 0 Å². The summed E-state index contributed by atoms with van der Waals surface area (Å²) in [5, 5.41) is 0. The van der Waals surface area contributed by atoms with E-state index in [2.05, 4.69) is 4.98 Å². The number of aromatic nitrogens is 2. The number of rotatable bonds is 14. The predicted molar refractivity (Wildman–Crippen MR) is 129 cm³/mol. The van der Waals surface area contributed by atoms with Gasteiger partial charge in [0.05, 0.1) is 44.4 Å². The van der Waals surface area contributed by atoms with E-state index in [-0.39, 0.29) is 50.3 Å². The van der Waals surface area contributed by atoms with E-state index in [1.807, 2.05) is 0 Å². The molecule has 1 aromatic heterocycles. The van der Waals surface area contributed by atoms with Crippen LogP contribution in [0.4, 0.5) is 4.39 Å². The summed E-state index contributed by atoms with van der Waals surface area (Å²) in [7, 11) is -5.78. The summed E-state index contributed by atoms with van der Waals surface area (Å²) in [6, 6.07) is 6.97. The minimum Gasteiger partial charge on any atom is -0.309 e. The molecule has 0 aliphatic rings. The molecule has 34 heavy (non-hydrogen) atoms. The molecule has 1 aromatic carbocycles. The van der Waals surface area contributed by atoms with Gasteiger partial charge >= 0.3 is 15.2 Å². The molecule has 9 nitrogen and oxygen atoms in total. The maximum Gasteiger partial charge on any atom is 0.331 e. The Hall–Kier alpha value is -1.67. The second-order valence-corrected chi connectivity index (χ2v) is 11.6. The second-order valence-electron chi connectivity index (χ2n) is 7.36. The first-order valence-corrected chi connectivity index (χ1v) is 14.7. The Balaban J connectivity index is 2.66. The lowest BCUT2D eigenvalue weighted by molar-refractivity contribution is 0.213. The van der Waals surface area contributed by atoms with E-state index in [1.165, 1.54) is 35.9 Å². The van der Waals surface area contributed by atoms with Crippen LogP contribution in [0.3, 0.4) is 0 Å². The van der Waals surface area contributed by atoms with Crippen molar-refractivity contribution in [2.45, 2.75) is 33.6 Å². The van der Waals surface area contributed by atoms with Gasteiger partial charge in [-0.2, -0.15) is 0 Å². The lowest BCUT2D eigenvalue weighted by atomic mass is 10.1. The fourth-order valence-corrected chi connectivity index (χ4v) is 7.56. The average Bonchev–Trinajstić information content (AvgIpc) is 2.75. The first-order valence-electron chi connectivity index (χ1n) is 11.2. The molecule has 12 heteroatoms. The molecule has 0 N–H and O–H groups in total. The molecule has 0 radical (unpaired) electrons. The highest BCUT2D eigenvalue weighted by Crippen LogP contribution is 2.56. The molecule has 0 fully saturated rings. The summed E-state index contributed by atoms with van der Waals surface area (Å²) in [5.41, 5.74) is 0.209. The maximum absolute atomic E-state index is 13.8. The first kappa shape index (κ1) is 28.6. The van der Waals surface area contributed by atoms with Crippen LogP contribution < -0.4 is 5.56 Å². The van der Waals surface area contributed by atoms with Gasteiger partial charge in [-0.1, -0.05) is 12.1 Å². The molecule has 0 saturated heterocycles. The Kier molecular flexibility index (Phi) is 10.8. The van der Waals surface area contributed by atoms with Crippen LogP contribution in [0.1, 0.15) is 39.4 Å². The van der Waals surface area contributed by atoms with Crippen LogP contribution in [0.15, 0.2) is 35.1 Å². The number of halogens is 1. The van der Waals surface area contributed by atoms with Crippen molar-refractivity contribution in [3.63, 3.8) is 0 Å². The summed E-state index contributed by atoms with van der Waals surface area (Å²) < 4.78 is 63.7. The van der Waals surface area contributed by atoms with Crippen LogP contribution in [0.25, 0.3) is 11.3 Å². The Morgan fingerprint density at radius 1 is 0.912 bits per heavy atom. The molecule has 0 spiro atoms. The minimum atomic E-state index is -3.64. The lowest BCUT2D eigenvalue weighted by Crippen LogP contribution is -2.27. The molecule has 0 unspecified atom stereocenters. The van der Waals surface area contributed by atoms with Gasteiger partial charge < -0.3 is 18.1 Å². The molecule has 2 aromatic rings. The summed E-state index contributed by atoms with van der Waals surface area (Å²) in [5.74, 6) is -1.14. The van der Waals surface area contributed by atoms with E-state index in [4.69, 9.17) is 18.1 Å². The molecular formula is C22H33FN2O7P2. The SMILES string of the molecule is CCOP(=O)(CC(CP(=O)(OCC)OCC)c1nc(-c2cccc(F)c2)cc(=O)n1C)OCC. The molecular weight excluding hydrogens is 485 g/mol. The standard InChI is InChI=1S/C22H33FN2O7P2/c1-6-29-33(27,30-7-2)15-18(16-34(28,31-8-3)32-9-4)22-24-20(14-21(26)25(22)5)17-11-10-12-19(23)13-17/h10-14,18H,6-9,15-16H2,1-5H3. The predicted octanol–water partition coefficient (Wildman–Crippen LogP) is 5.20. The fraction of sp³-hybridized carbons (Fsp3) is 0.545. The van der Waals surface area contributed by atoms with Crippen molar-refractivity contribution in [1.82, 2.24) is 9.55 Å². The number of hydrogen-bond donors (Lipinski definition) is 0. The molecule has 0 atom stereocenters. The van der Waals surface area contributed by atoms with Crippen molar-refractivity contribution in [1.29, 1.82) is 0 Å². The van der Waals surface area contributed by atoms with Crippen molar-refractivity contribution in [3.05, 3.63) is 52.3 Å². The zero-order valence-electron chi connectivity index (χ0n) is 20.2. The van der Waals surface area contributed by atoms with Crippen LogP contribution in [0, 0.1) is 5.82 Å². The molecule has 0 aliphatic heterocycles. The first-order chi connectivity index (χ1) is 16.1. The topological polar surface area (TPSA) is 106 Å². The third-order valence-corrected chi connectivity index (χ3v) is 9.23. The van der Waals surface area contributed by atoms with E-state index in [1.54, 1.807) is 33.8 Å². The van der Waals surface area contributed by atoms with Gasteiger partial charge in [0.15, 0.2) is 0 Å². The fourth-order valence-electron chi connectivity index (χ4n) is 3.55. The zero-order valence-corrected chi connectivity index (χ0v) is 22.0. The van der Waals surface area contributed by atoms with E-state index in [9.17, 15) is 18.3 Å². The Morgan fingerprint density at radius 2 is 1.41 bits per heavy atom. The lowest BCUT2D eigenvalue weighted by Gasteiger charge is -2.27. The van der Waals surface area contributed by atoms with Crippen LogP contribution in [-0.2, 0) is 34.3 Å². The third-order valence-electron chi connectivity index (χ3n) is 4.85. The molecule has 0 aliphatic carbocycles. The van der Waals surface area contributed by atoms with Crippen molar-refractivity contribution in [2.24, 2.45) is 7.05 Å². The van der Waals surface area contributed by atoms with Crippen molar-refractivity contribution < 1.29 is 31.6 Å². The molecule has 2 rings (SSSR count). The van der Waals surface area contributed by atoms with Gasteiger partial charge in [0.25, 0.3) is 5.56 Å². The third kappa shape index (κ3) is 7.67. The number of benzene rings is 1. The molecule has 0 saturated carbocycles. The monoisotopic (exact) mass is 518 g/mol. The van der Waals surface area contributed by atoms with Crippen molar-refractivity contribution in [3.8, 4) is 11.3 Å². The molecule has 0 amide bonds. The summed E-state index contributed by atoms with van der Waals surface area (Å²) in [6.07, 6.45) is -0.405. The molecule has 190 valence electrons. The van der Waals surface area contributed by atoms with Gasteiger partial charge in [0.1, 0.15) is 11.6 Å². The quantitative estimate of drug-likeness (QED) is 0.314. The summed E-state index contributed by atoms with van der Waals surface area (Å²) in [6.45, 7) is 7.27. The van der Waals surface area contributed by atoms with Crippen molar-refractivity contribution in [2.75, 3.05) is 38.8 Å². The van der Waals surface area contributed by atoms with Gasteiger partial charge in [0.2, 0.25) is 0 Å². The van der Waals surface area contributed by atoms with Gasteiger partial charge in [-0.25, -0.2) is 9.37 Å². The zero-order chi connectivity index (χ0) is 25.4. The van der Waals surface area contributed by atoms with Gasteiger partial charge in [-0.05, 0) is 39.8 Å². The summed E-state index contributed by atoms with van der Waals surface area (Å²) in [4.78, 5) is 17.4.